The molecule has 1 aliphatic carbocycles. The summed E-state index contributed by atoms with van der Waals surface area (Å²) in [5, 5.41) is 0.940. The van der Waals surface area contributed by atoms with Gasteiger partial charge in [0.25, 0.3) is 5.56 Å². The molecule has 3 aromatic rings. The van der Waals surface area contributed by atoms with Gasteiger partial charge in [0.05, 0.1) is 50.7 Å². The molecule has 2 aliphatic heterocycles. The molecule has 0 spiro atoms. The van der Waals surface area contributed by atoms with Gasteiger partial charge in [0, 0.05) is 29.6 Å². The fraction of sp³-hybridized carbons (Fsp3) is 0.333. The smallest absolute Gasteiger partial charge is 0.260 e. The Morgan fingerprint density at radius 2 is 1.52 bits per heavy atom. The lowest BCUT2D eigenvalue weighted by atomic mass is 10.0. The SMILES string of the molecule is COc1cc2c3c(n(CN4CCOCC4)c(=O)c2cc1OC)-c1cc2c(cc1C3=O)OCO2. The fourth-order valence-electron chi connectivity index (χ4n) is 4.82. The van der Waals surface area contributed by atoms with E-state index in [2.05, 4.69) is 4.90 Å². The number of morpholine rings is 1. The molecule has 9 nitrogen and oxygen atoms in total. The molecule has 170 valence electrons. The first-order valence-electron chi connectivity index (χ1n) is 10.7. The Hall–Kier alpha value is -3.56. The van der Waals surface area contributed by atoms with Crippen molar-refractivity contribution in [1.82, 2.24) is 9.47 Å². The van der Waals surface area contributed by atoms with Gasteiger partial charge in [-0.15, -0.1) is 0 Å². The molecule has 0 bridgehead atoms. The van der Waals surface area contributed by atoms with E-state index >= 15 is 0 Å². The predicted octanol–water partition coefficient (Wildman–Crippen LogP) is 2.25. The maximum Gasteiger partial charge on any atom is 0.260 e. The molecule has 0 radical (unpaired) electrons. The molecule has 0 N–H and O–H groups in total. The number of carbonyl (C=O) groups excluding carboxylic acids is 1. The zero-order chi connectivity index (χ0) is 22.7. The molecular weight excluding hydrogens is 428 g/mol. The van der Waals surface area contributed by atoms with Gasteiger partial charge in [-0.25, -0.2) is 0 Å². The van der Waals surface area contributed by atoms with Crippen LogP contribution in [0.2, 0.25) is 0 Å². The minimum atomic E-state index is -0.200. The highest BCUT2D eigenvalue weighted by molar-refractivity contribution is 6.27. The van der Waals surface area contributed by atoms with Crippen LogP contribution in [0.15, 0.2) is 29.1 Å². The van der Waals surface area contributed by atoms with E-state index in [-0.39, 0.29) is 18.1 Å². The number of carbonyl (C=O) groups is 1. The normalized spacial score (nSPS) is 16.7. The Balaban J connectivity index is 1.66. The second kappa shape index (κ2) is 7.50. The largest absolute Gasteiger partial charge is 0.493 e. The van der Waals surface area contributed by atoms with Crippen LogP contribution < -0.4 is 24.5 Å². The topological polar surface area (TPSA) is 88.5 Å². The molecule has 33 heavy (non-hydrogen) atoms. The molecule has 0 saturated carbocycles. The van der Waals surface area contributed by atoms with Gasteiger partial charge in [0.1, 0.15) is 0 Å². The lowest BCUT2D eigenvalue weighted by molar-refractivity contribution is 0.0232. The molecule has 1 aromatic heterocycles. The molecule has 3 aliphatic rings. The molecule has 0 unspecified atom stereocenters. The van der Waals surface area contributed by atoms with Gasteiger partial charge in [-0.3, -0.25) is 19.1 Å². The molecule has 1 saturated heterocycles. The van der Waals surface area contributed by atoms with Crippen molar-refractivity contribution >= 4 is 16.6 Å². The van der Waals surface area contributed by atoms with Crippen molar-refractivity contribution in [3.63, 3.8) is 0 Å². The molecule has 6 rings (SSSR count). The number of methoxy groups -OCH3 is 2. The van der Waals surface area contributed by atoms with Crippen LogP contribution in [0, 0.1) is 0 Å². The van der Waals surface area contributed by atoms with Crippen molar-refractivity contribution in [1.29, 1.82) is 0 Å². The highest BCUT2D eigenvalue weighted by Gasteiger charge is 2.36. The summed E-state index contributed by atoms with van der Waals surface area (Å²) in [6.07, 6.45) is 0. The molecule has 0 amide bonds. The van der Waals surface area contributed by atoms with Crippen molar-refractivity contribution < 1.29 is 28.5 Å². The van der Waals surface area contributed by atoms with Gasteiger partial charge in [0.15, 0.2) is 28.8 Å². The number of pyridine rings is 1. The third-order valence-electron chi connectivity index (χ3n) is 6.46. The Bertz CT molecular complexity index is 1370. The quantitative estimate of drug-likeness (QED) is 0.468. The molecule has 0 atom stereocenters. The van der Waals surface area contributed by atoms with E-state index in [4.69, 9.17) is 23.7 Å². The van der Waals surface area contributed by atoms with Crippen LogP contribution in [0.3, 0.4) is 0 Å². The van der Waals surface area contributed by atoms with Crippen molar-refractivity contribution in [2.75, 3.05) is 47.3 Å². The molecule has 3 heterocycles. The van der Waals surface area contributed by atoms with Crippen molar-refractivity contribution in [2.45, 2.75) is 6.67 Å². The summed E-state index contributed by atoms with van der Waals surface area (Å²) in [4.78, 5) is 29.7. The van der Waals surface area contributed by atoms with Crippen LogP contribution in [0.25, 0.3) is 22.0 Å². The summed E-state index contributed by atoms with van der Waals surface area (Å²) in [7, 11) is 3.05. The van der Waals surface area contributed by atoms with E-state index in [1.165, 1.54) is 14.2 Å². The monoisotopic (exact) mass is 450 g/mol. The van der Waals surface area contributed by atoms with Gasteiger partial charge < -0.3 is 23.7 Å². The highest BCUT2D eigenvalue weighted by Crippen LogP contribution is 2.46. The first-order chi connectivity index (χ1) is 16.1. The number of fused-ring (bicyclic) bond motifs is 6. The van der Waals surface area contributed by atoms with Gasteiger partial charge in [-0.05, 0) is 24.3 Å². The second-order valence-electron chi connectivity index (χ2n) is 8.16. The number of rotatable bonds is 4. The second-order valence-corrected chi connectivity index (χ2v) is 8.16. The Morgan fingerprint density at radius 1 is 0.879 bits per heavy atom. The van der Waals surface area contributed by atoms with Gasteiger partial charge >= 0.3 is 0 Å². The highest BCUT2D eigenvalue weighted by atomic mass is 16.7. The number of aromatic nitrogens is 1. The average molecular weight is 450 g/mol. The van der Waals surface area contributed by atoms with Gasteiger partial charge in [0.2, 0.25) is 6.79 Å². The first kappa shape index (κ1) is 20.1. The minimum absolute atomic E-state index is 0.106. The predicted molar refractivity (Wildman–Crippen MR) is 119 cm³/mol. The summed E-state index contributed by atoms with van der Waals surface area (Å²) in [5.74, 6) is 1.82. The van der Waals surface area contributed by atoms with Crippen LogP contribution in [0.5, 0.6) is 23.0 Å². The molecule has 1 fully saturated rings. The summed E-state index contributed by atoms with van der Waals surface area (Å²) in [6, 6.07) is 6.85. The van der Waals surface area contributed by atoms with Gasteiger partial charge in [-0.1, -0.05) is 0 Å². The van der Waals surface area contributed by atoms with Crippen LogP contribution in [-0.2, 0) is 11.4 Å². The zero-order valence-corrected chi connectivity index (χ0v) is 18.3. The first-order valence-corrected chi connectivity index (χ1v) is 10.7. The summed E-state index contributed by atoms with van der Waals surface area (Å²) in [5.41, 5.74) is 2.02. The Morgan fingerprint density at radius 3 is 2.18 bits per heavy atom. The van der Waals surface area contributed by atoms with Gasteiger partial charge in [-0.2, -0.15) is 0 Å². The lowest BCUT2D eigenvalue weighted by Gasteiger charge is -2.28. The summed E-state index contributed by atoms with van der Waals surface area (Å²) in [6.45, 7) is 3.05. The molecule has 9 heteroatoms. The summed E-state index contributed by atoms with van der Waals surface area (Å²) < 4.78 is 29.1. The standard InChI is InChI=1S/C24H22N2O7/c1-29-17-7-13-16(10-18(17)30-2)24(28)26(11-25-3-5-31-6-4-25)22-14-8-19-20(33-12-32-19)9-15(14)23(27)21(13)22/h7-10H,3-6,11-12H2,1-2H3. The van der Waals surface area contributed by atoms with Crippen LogP contribution in [0.1, 0.15) is 15.9 Å². The van der Waals surface area contributed by atoms with E-state index in [0.29, 0.717) is 89.1 Å². The number of hydrogen-bond acceptors (Lipinski definition) is 8. The van der Waals surface area contributed by atoms with E-state index < -0.39 is 0 Å². The van der Waals surface area contributed by atoms with Crippen molar-refractivity contribution in [3.8, 4) is 34.3 Å². The molecular formula is C24H22N2O7. The zero-order valence-electron chi connectivity index (χ0n) is 18.3. The van der Waals surface area contributed by atoms with E-state index in [1.54, 1.807) is 28.8 Å². The van der Waals surface area contributed by atoms with E-state index in [9.17, 15) is 9.59 Å². The van der Waals surface area contributed by atoms with Crippen LogP contribution >= 0.6 is 0 Å². The third kappa shape index (κ3) is 2.93. The van der Waals surface area contributed by atoms with E-state index in [1.807, 2.05) is 0 Å². The van der Waals surface area contributed by atoms with Crippen LogP contribution in [-0.4, -0.2) is 62.6 Å². The fourth-order valence-corrected chi connectivity index (χ4v) is 4.82. The Labute approximate surface area is 189 Å². The maximum absolute atomic E-state index is 13.8. The summed E-state index contributed by atoms with van der Waals surface area (Å²) >= 11 is 0. The minimum Gasteiger partial charge on any atom is -0.493 e. The number of hydrogen-bond donors (Lipinski definition) is 0. The molecule has 2 aromatic carbocycles. The van der Waals surface area contributed by atoms with Crippen molar-refractivity contribution in [3.05, 3.63) is 45.7 Å². The number of benzene rings is 2. The van der Waals surface area contributed by atoms with Crippen LogP contribution in [0.4, 0.5) is 0 Å². The van der Waals surface area contributed by atoms with Crippen molar-refractivity contribution in [2.24, 2.45) is 0 Å². The third-order valence-corrected chi connectivity index (χ3v) is 6.46. The number of nitrogens with zero attached hydrogens (tertiary/aromatic N) is 2. The average Bonchev–Trinajstić information content (AvgIpc) is 3.42. The number of ketones is 1. The van der Waals surface area contributed by atoms with E-state index in [0.717, 1.165) is 0 Å². The number of ether oxygens (including phenoxy) is 5. The Kier molecular flexibility index (Phi) is 4.56. The maximum atomic E-state index is 13.8. The lowest BCUT2D eigenvalue weighted by Crippen LogP contribution is -2.40.